The Morgan fingerprint density at radius 2 is 2.03 bits per heavy atom. The molecule has 0 saturated carbocycles. The summed E-state index contributed by atoms with van der Waals surface area (Å²) >= 11 is 0. The van der Waals surface area contributed by atoms with E-state index in [1.54, 1.807) is 0 Å². The number of unbranched alkanes of at least 4 members (excludes halogenated alkanes) is 1. The molecule has 1 fully saturated rings. The highest BCUT2D eigenvalue weighted by molar-refractivity contribution is 5.95. The van der Waals surface area contributed by atoms with Crippen molar-refractivity contribution >= 4 is 16.9 Å². The first kappa shape index (κ1) is 20.7. The van der Waals surface area contributed by atoms with Crippen LogP contribution in [0.2, 0.25) is 0 Å². The number of piperidine rings is 1. The van der Waals surface area contributed by atoms with Crippen molar-refractivity contribution in [1.82, 2.24) is 9.88 Å². The molecule has 0 spiro atoms. The molecular formula is C26H32N2O2. The summed E-state index contributed by atoms with van der Waals surface area (Å²) in [6.45, 7) is 3.67. The molecule has 30 heavy (non-hydrogen) atoms. The summed E-state index contributed by atoms with van der Waals surface area (Å²) < 4.78 is 4.81. The van der Waals surface area contributed by atoms with Crippen molar-refractivity contribution in [2.24, 2.45) is 5.92 Å². The number of benzene rings is 2. The molecule has 1 saturated heterocycles. The van der Waals surface area contributed by atoms with Gasteiger partial charge in [0, 0.05) is 23.6 Å². The Hall–Kier alpha value is -2.59. The molecule has 0 radical (unpaired) electrons. The lowest BCUT2D eigenvalue weighted by atomic mass is 9.91. The number of esters is 1. The number of carbonyl (C=O) groups is 1. The third-order valence-electron chi connectivity index (χ3n) is 6.33. The van der Waals surface area contributed by atoms with Crippen LogP contribution in [-0.4, -0.2) is 42.6 Å². The number of nitrogens with zero attached hydrogens (tertiary/aromatic N) is 1. The molecule has 4 heteroatoms. The lowest BCUT2D eigenvalue weighted by molar-refractivity contribution is 0.0601. The van der Waals surface area contributed by atoms with E-state index in [1.807, 2.05) is 18.2 Å². The van der Waals surface area contributed by atoms with Crippen LogP contribution in [0.5, 0.6) is 0 Å². The molecule has 1 unspecified atom stereocenters. The Morgan fingerprint density at radius 3 is 2.87 bits per heavy atom. The second-order valence-electron chi connectivity index (χ2n) is 8.52. The number of carbonyl (C=O) groups excluding carboxylic acids is 1. The number of hydrogen-bond acceptors (Lipinski definition) is 3. The highest BCUT2D eigenvalue weighted by Crippen LogP contribution is 2.23. The zero-order valence-electron chi connectivity index (χ0n) is 17.9. The third-order valence-corrected chi connectivity index (χ3v) is 6.33. The van der Waals surface area contributed by atoms with Crippen molar-refractivity contribution < 1.29 is 9.53 Å². The second kappa shape index (κ2) is 9.94. The minimum Gasteiger partial charge on any atom is -0.465 e. The number of aromatic nitrogens is 1. The molecule has 1 aliphatic rings. The van der Waals surface area contributed by atoms with Crippen LogP contribution in [0.1, 0.15) is 47.2 Å². The first-order chi connectivity index (χ1) is 14.7. The van der Waals surface area contributed by atoms with Gasteiger partial charge in [0.05, 0.1) is 12.7 Å². The molecule has 2 aromatic carbocycles. The fourth-order valence-electron chi connectivity index (χ4n) is 4.76. The van der Waals surface area contributed by atoms with E-state index >= 15 is 0 Å². The maximum Gasteiger partial charge on any atom is 0.337 e. The molecule has 1 atom stereocenters. The predicted molar refractivity (Wildman–Crippen MR) is 122 cm³/mol. The van der Waals surface area contributed by atoms with E-state index in [1.165, 1.54) is 75.4 Å². The quantitative estimate of drug-likeness (QED) is 0.413. The number of hydrogen-bond donors (Lipinski definition) is 1. The van der Waals surface area contributed by atoms with Crippen molar-refractivity contribution in [3.8, 4) is 0 Å². The van der Waals surface area contributed by atoms with Gasteiger partial charge in [0.25, 0.3) is 0 Å². The topological polar surface area (TPSA) is 45.3 Å². The minimum absolute atomic E-state index is 0.292. The number of methoxy groups -OCH3 is 1. The maximum atomic E-state index is 11.7. The molecule has 0 amide bonds. The number of aryl methyl sites for hydroxylation is 1. The number of rotatable bonds is 8. The van der Waals surface area contributed by atoms with E-state index in [9.17, 15) is 4.79 Å². The standard InChI is InChI=1S/C26H32N2O2/c1-30-26(29)22-12-13-24-23(18-27-25(24)17-22)11-5-6-14-28-15-7-10-21(19-28)16-20-8-3-2-4-9-20/h2-4,8-9,12-13,17-18,21,27H,5-7,10-11,14-16,19H2,1H3. The van der Waals surface area contributed by atoms with Gasteiger partial charge in [-0.2, -0.15) is 0 Å². The molecule has 1 aliphatic heterocycles. The normalized spacial score (nSPS) is 17.3. The molecule has 3 aromatic rings. The molecule has 158 valence electrons. The van der Waals surface area contributed by atoms with Gasteiger partial charge in [-0.25, -0.2) is 4.79 Å². The SMILES string of the molecule is COC(=O)c1ccc2c(CCCCN3CCCC(Cc4ccccc4)C3)c[nH]c2c1. The molecule has 1 aromatic heterocycles. The Balaban J connectivity index is 1.24. The number of nitrogens with one attached hydrogen (secondary N) is 1. The van der Waals surface area contributed by atoms with E-state index in [2.05, 4.69) is 46.4 Å². The molecule has 4 rings (SSSR count). The van der Waals surface area contributed by atoms with Crippen LogP contribution in [0.15, 0.2) is 54.7 Å². The van der Waals surface area contributed by atoms with E-state index in [0.29, 0.717) is 5.56 Å². The smallest absolute Gasteiger partial charge is 0.337 e. The maximum absolute atomic E-state index is 11.7. The zero-order chi connectivity index (χ0) is 20.8. The molecule has 0 bridgehead atoms. The van der Waals surface area contributed by atoms with Gasteiger partial charge in [-0.3, -0.25) is 0 Å². The summed E-state index contributed by atoms with van der Waals surface area (Å²) in [5.41, 5.74) is 4.40. The van der Waals surface area contributed by atoms with Crippen molar-refractivity contribution in [1.29, 1.82) is 0 Å². The van der Waals surface area contributed by atoms with Gasteiger partial charge in [0.15, 0.2) is 0 Å². The molecule has 4 nitrogen and oxygen atoms in total. The first-order valence-electron chi connectivity index (χ1n) is 11.2. The van der Waals surface area contributed by atoms with Crippen LogP contribution in [0.25, 0.3) is 10.9 Å². The molecule has 0 aliphatic carbocycles. The van der Waals surface area contributed by atoms with Crippen molar-refractivity contribution in [2.75, 3.05) is 26.7 Å². The van der Waals surface area contributed by atoms with Gasteiger partial charge in [-0.05, 0) is 80.8 Å². The van der Waals surface area contributed by atoms with E-state index < -0.39 is 0 Å². The number of H-pyrrole nitrogens is 1. The molecular weight excluding hydrogens is 372 g/mol. The van der Waals surface area contributed by atoms with E-state index in [-0.39, 0.29) is 5.97 Å². The monoisotopic (exact) mass is 404 g/mol. The lowest BCUT2D eigenvalue weighted by Gasteiger charge is -2.32. The van der Waals surface area contributed by atoms with E-state index in [4.69, 9.17) is 4.74 Å². The van der Waals surface area contributed by atoms with Gasteiger partial charge in [-0.1, -0.05) is 36.4 Å². The lowest BCUT2D eigenvalue weighted by Crippen LogP contribution is -2.36. The zero-order valence-corrected chi connectivity index (χ0v) is 17.9. The van der Waals surface area contributed by atoms with Crippen LogP contribution in [-0.2, 0) is 17.6 Å². The van der Waals surface area contributed by atoms with Crippen LogP contribution in [0.3, 0.4) is 0 Å². The van der Waals surface area contributed by atoms with Crippen molar-refractivity contribution in [2.45, 2.75) is 38.5 Å². The average molecular weight is 405 g/mol. The summed E-state index contributed by atoms with van der Waals surface area (Å²) in [5, 5.41) is 1.21. The summed E-state index contributed by atoms with van der Waals surface area (Å²) in [6.07, 6.45) is 9.45. The van der Waals surface area contributed by atoms with Gasteiger partial charge >= 0.3 is 5.97 Å². The fourth-order valence-corrected chi connectivity index (χ4v) is 4.76. The Bertz CT molecular complexity index is 964. The Kier molecular flexibility index (Phi) is 6.85. The van der Waals surface area contributed by atoms with Gasteiger partial charge < -0.3 is 14.6 Å². The minimum atomic E-state index is -0.292. The Morgan fingerprint density at radius 1 is 1.17 bits per heavy atom. The summed E-state index contributed by atoms with van der Waals surface area (Å²) in [6, 6.07) is 16.7. The third kappa shape index (κ3) is 5.11. The second-order valence-corrected chi connectivity index (χ2v) is 8.52. The van der Waals surface area contributed by atoms with Crippen LogP contribution < -0.4 is 0 Å². The van der Waals surface area contributed by atoms with Gasteiger partial charge in [0.2, 0.25) is 0 Å². The average Bonchev–Trinajstić information content (AvgIpc) is 3.19. The van der Waals surface area contributed by atoms with Crippen LogP contribution >= 0.6 is 0 Å². The summed E-state index contributed by atoms with van der Waals surface area (Å²) in [5.74, 6) is 0.499. The highest BCUT2D eigenvalue weighted by Gasteiger charge is 2.19. The van der Waals surface area contributed by atoms with Crippen LogP contribution in [0, 0.1) is 5.92 Å². The first-order valence-corrected chi connectivity index (χ1v) is 11.2. The summed E-state index contributed by atoms with van der Waals surface area (Å²) in [7, 11) is 1.42. The van der Waals surface area contributed by atoms with E-state index in [0.717, 1.165) is 17.9 Å². The summed E-state index contributed by atoms with van der Waals surface area (Å²) in [4.78, 5) is 17.7. The number of fused-ring (bicyclic) bond motifs is 1. The highest BCUT2D eigenvalue weighted by atomic mass is 16.5. The Labute approximate surface area is 179 Å². The predicted octanol–water partition coefficient (Wildman–Crippen LogP) is 5.23. The van der Waals surface area contributed by atoms with Crippen LogP contribution in [0.4, 0.5) is 0 Å². The van der Waals surface area contributed by atoms with Gasteiger partial charge in [0.1, 0.15) is 0 Å². The fraction of sp³-hybridized carbons (Fsp3) is 0.423. The molecule has 2 heterocycles. The number of aromatic amines is 1. The number of likely N-dealkylation sites (tertiary alicyclic amines) is 1. The van der Waals surface area contributed by atoms with Crippen molar-refractivity contribution in [3.63, 3.8) is 0 Å². The largest absolute Gasteiger partial charge is 0.465 e. The number of ether oxygens (including phenoxy) is 1. The van der Waals surface area contributed by atoms with Crippen molar-refractivity contribution in [3.05, 3.63) is 71.4 Å². The molecule has 1 N–H and O–H groups in total. The van der Waals surface area contributed by atoms with Gasteiger partial charge in [-0.15, -0.1) is 0 Å².